The van der Waals surface area contributed by atoms with Gasteiger partial charge in [0, 0.05) is 24.0 Å². The van der Waals surface area contributed by atoms with Gasteiger partial charge in [-0.1, -0.05) is 41.9 Å². The van der Waals surface area contributed by atoms with Crippen molar-refractivity contribution in [3.05, 3.63) is 64.7 Å². The second-order valence-electron chi connectivity index (χ2n) is 5.12. The standard InChI is InChI=1S/C17H15ClN2/c18-16-7-6-14(11-19)17(10-16)20-9-8-15(12-20)13-4-2-1-3-5-13/h1-7,10,15H,8-9,12H2. The number of nitriles is 1. The summed E-state index contributed by atoms with van der Waals surface area (Å²) in [7, 11) is 0. The molecule has 0 spiro atoms. The monoisotopic (exact) mass is 282 g/mol. The summed E-state index contributed by atoms with van der Waals surface area (Å²) < 4.78 is 0. The lowest BCUT2D eigenvalue weighted by Gasteiger charge is -2.20. The first-order valence-corrected chi connectivity index (χ1v) is 7.15. The van der Waals surface area contributed by atoms with Crippen molar-refractivity contribution in [3.8, 4) is 6.07 Å². The fraction of sp³-hybridized carbons (Fsp3) is 0.235. The molecule has 2 aromatic rings. The van der Waals surface area contributed by atoms with Crippen LogP contribution in [0.3, 0.4) is 0 Å². The highest BCUT2D eigenvalue weighted by Crippen LogP contribution is 2.33. The molecule has 1 aliphatic heterocycles. The summed E-state index contributed by atoms with van der Waals surface area (Å²) in [5, 5.41) is 9.92. The zero-order chi connectivity index (χ0) is 13.9. The van der Waals surface area contributed by atoms with Crippen molar-refractivity contribution in [2.45, 2.75) is 12.3 Å². The summed E-state index contributed by atoms with van der Waals surface area (Å²) in [5.41, 5.74) is 3.03. The number of rotatable bonds is 2. The van der Waals surface area contributed by atoms with Gasteiger partial charge in [0.15, 0.2) is 0 Å². The highest BCUT2D eigenvalue weighted by Gasteiger charge is 2.25. The van der Waals surface area contributed by atoms with Crippen molar-refractivity contribution in [3.63, 3.8) is 0 Å². The number of halogens is 1. The molecular weight excluding hydrogens is 268 g/mol. The van der Waals surface area contributed by atoms with Crippen LogP contribution in [0.1, 0.15) is 23.5 Å². The van der Waals surface area contributed by atoms with E-state index >= 15 is 0 Å². The number of nitrogens with zero attached hydrogens (tertiary/aromatic N) is 2. The fourth-order valence-corrected chi connectivity index (χ4v) is 3.00. The first-order chi connectivity index (χ1) is 9.78. The minimum Gasteiger partial charge on any atom is -0.370 e. The van der Waals surface area contributed by atoms with E-state index in [-0.39, 0.29) is 0 Å². The largest absolute Gasteiger partial charge is 0.370 e. The van der Waals surface area contributed by atoms with E-state index in [1.54, 1.807) is 12.1 Å². The average molecular weight is 283 g/mol. The first-order valence-electron chi connectivity index (χ1n) is 6.77. The Bertz CT molecular complexity index is 646. The molecule has 20 heavy (non-hydrogen) atoms. The van der Waals surface area contributed by atoms with E-state index in [4.69, 9.17) is 11.6 Å². The normalized spacial score (nSPS) is 18.0. The van der Waals surface area contributed by atoms with Gasteiger partial charge in [0.25, 0.3) is 0 Å². The molecule has 1 aliphatic rings. The Morgan fingerprint density at radius 2 is 1.95 bits per heavy atom. The lowest BCUT2D eigenvalue weighted by molar-refractivity contribution is 0.775. The molecule has 0 amide bonds. The zero-order valence-corrected chi connectivity index (χ0v) is 11.8. The van der Waals surface area contributed by atoms with Crippen molar-refractivity contribution in [2.24, 2.45) is 0 Å². The van der Waals surface area contributed by atoms with Crippen molar-refractivity contribution in [1.29, 1.82) is 5.26 Å². The van der Waals surface area contributed by atoms with Gasteiger partial charge in [-0.2, -0.15) is 5.26 Å². The molecule has 1 unspecified atom stereocenters. The number of benzene rings is 2. The molecule has 1 heterocycles. The van der Waals surface area contributed by atoms with Crippen molar-refractivity contribution in [2.75, 3.05) is 18.0 Å². The average Bonchev–Trinajstić information content (AvgIpc) is 2.98. The Kier molecular flexibility index (Phi) is 3.62. The quantitative estimate of drug-likeness (QED) is 0.825. The number of hydrogen-bond donors (Lipinski definition) is 0. The van der Waals surface area contributed by atoms with Crippen LogP contribution in [-0.2, 0) is 0 Å². The van der Waals surface area contributed by atoms with E-state index in [0.29, 0.717) is 16.5 Å². The van der Waals surface area contributed by atoms with Crippen molar-refractivity contribution >= 4 is 17.3 Å². The second kappa shape index (κ2) is 5.56. The second-order valence-corrected chi connectivity index (χ2v) is 5.55. The summed E-state index contributed by atoms with van der Waals surface area (Å²) >= 11 is 6.07. The molecule has 2 aromatic carbocycles. The predicted octanol–water partition coefficient (Wildman–Crippen LogP) is 4.21. The van der Waals surface area contributed by atoms with Gasteiger partial charge in [0.2, 0.25) is 0 Å². The lowest BCUT2D eigenvalue weighted by Crippen LogP contribution is -2.20. The third-order valence-corrected chi connectivity index (χ3v) is 4.12. The van der Waals surface area contributed by atoms with E-state index in [2.05, 4.69) is 35.2 Å². The number of anilines is 1. The van der Waals surface area contributed by atoms with Gasteiger partial charge in [0.05, 0.1) is 11.3 Å². The predicted molar refractivity (Wildman–Crippen MR) is 82.2 cm³/mol. The zero-order valence-electron chi connectivity index (χ0n) is 11.1. The van der Waals surface area contributed by atoms with Crippen LogP contribution >= 0.6 is 11.6 Å². The summed E-state index contributed by atoms with van der Waals surface area (Å²) in [6, 6.07) is 18.3. The first kappa shape index (κ1) is 13.0. The van der Waals surface area contributed by atoms with Crippen LogP contribution in [0.2, 0.25) is 5.02 Å². The molecule has 1 fully saturated rings. The molecule has 3 heteroatoms. The molecule has 100 valence electrons. The maximum absolute atomic E-state index is 9.23. The molecule has 3 rings (SSSR count). The van der Waals surface area contributed by atoms with Gasteiger partial charge >= 0.3 is 0 Å². The van der Waals surface area contributed by atoms with Crippen LogP contribution < -0.4 is 4.90 Å². The smallest absolute Gasteiger partial charge is 0.101 e. The van der Waals surface area contributed by atoms with Crippen molar-refractivity contribution < 1.29 is 0 Å². The summed E-state index contributed by atoms with van der Waals surface area (Å²) in [5.74, 6) is 0.529. The van der Waals surface area contributed by atoms with Gasteiger partial charge in [0.1, 0.15) is 6.07 Å². The van der Waals surface area contributed by atoms with E-state index < -0.39 is 0 Å². The molecule has 1 saturated heterocycles. The summed E-state index contributed by atoms with van der Waals surface area (Å²) in [6.07, 6.45) is 1.11. The van der Waals surface area contributed by atoms with Gasteiger partial charge in [-0.25, -0.2) is 0 Å². The Morgan fingerprint density at radius 1 is 1.15 bits per heavy atom. The van der Waals surface area contributed by atoms with E-state index in [9.17, 15) is 5.26 Å². The minimum atomic E-state index is 0.529. The van der Waals surface area contributed by atoms with E-state index in [0.717, 1.165) is 25.2 Å². The Morgan fingerprint density at radius 3 is 2.70 bits per heavy atom. The van der Waals surface area contributed by atoms with Crippen LogP contribution in [0, 0.1) is 11.3 Å². The van der Waals surface area contributed by atoms with Gasteiger partial charge in [-0.3, -0.25) is 0 Å². The Labute approximate surface area is 124 Å². The van der Waals surface area contributed by atoms with E-state index in [1.165, 1.54) is 5.56 Å². The maximum Gasteiger partial charge on any atom is 0.101 e. The lowest BCUT2D eigenvalue weighted by atomic mass is 9.99. The highest BCUT2D eigenvalue weighted by molar-refractivity contribution is 6.30. The fourth-order valence-electron chi connectivity index (χ4n) is 2.84. The maximum atomic E-state index is 9.23. The minimum absolute atomic E-state index is 0.529. The van der Waals surface area contributed by atoms with Gasteiger partial charge < -0.3 is 4.90 Å². The van der Waals surface area contributed by atoms with Crippen LogP contribution in [0.4, 0.5) is 5.69 Å². The molecule has 0 aliphatic carbocycles. The van der Waals surface area contributed by atoms with Crippen LogP contribution in [0.15, 0.2) is 48.5 Å². The summed E-state index contributed by atoms with van der Waals surface area (Å²) in [4.78, 5) is 2.27. The molecule has 1 atom stereocenters. The molecule has 0 bridgehead atoms. The molecule has 0 radical (unpaired) electrons. The van der Waals surface area contributed by atoms with Crippen LogP contribution in [-0.4, -0.2) is 13.1 Å². The van der Waals surface area contributed by atoms with Gasteiger partial charge in [-0.05, 0) is 30.2 Å². The highest BCUT2D eigenvalue weighted by atomic mass is 35.5. The topological polar surface area (TPSA) is 27.0 Å². The van der Waals surface area contributed by atoms with E-state index in [1.807, 2.05) is 12.1 Å². The molecule has 0 aromatic heterocycles. The van der Waals surface area contributed by atoms with Gasteiger partial charge in [-0.15, -0.1) is 0 Å². The third kappa shape index (κ3) is 2.50. The molecular formula is C17H15ClN2. The Balaban J connectivity index is 1.84. The Hall–Kier alpha value is -1.98. The molecule has 2 nitrogen and oxygen atoms in total. The van der Waals surface area contributed by atoms with Crippen LogP contribution in [0.25, 0.3) is 0 Å². The SMILES string of the molecule is N#Cc1ccc(Cl)cc1N1CCC(c2ccccc2)C1. The molecule has 0 N–H and O–H groups in total. The summed E-state index contributed by atoms with van der Waals surface area (Å²) in [6.45, 7) is 1.91. The molecule has 0 saturated carbocycles. The number of hydrogen-bond acceptors (Lipinski definition) is 2. The van der Waals surface area contributed by atoms with Crippen LogP contribution in [0.5, 0.6) is 0 Å². The third-order valence-electron chi connectivity index (χ3n) is 3.88. The van der Waals surface area contributed by atoms with Crippen molar-refractivity contribution in [1.82, 2.24) is 0 Å².